The quantitative estimate of drug-likeness (QED) is 0.757. The van der Waals surface area contributed by atoms with Gasteiger partial charge in [-0.25, -0.2) is 0 Å². The van der Waals surface area contributed by atoms with Crippen LogP contribution in [0.4, 0.5) is 13.2 Å². The molecular weight excluding hydrogens is 201 g/mol. The summed E-state index contributed by atoms with van der Waals surface area (Å²) in [5.74, 6) is 0.862. The Kier molecular flexibility index (Phi) is 3.47. The van der Waals surface area contributed by atoms with Crippen LogP contribution >= 0.6 is 11.8 Å². The minimum absolute atomic E-state index is 0.593. The monoisotopic (exact) mass is 212 g/mol. The van der Waals surface area contributed by atoms with Crippen LogP contribution < -0.4 is 5.32 Å². The van der Waals surface area contributed by atoms with Gasteiger partial charge in [0.1, 0.15) is 0 Å². The lowest BCUT2D eigenvalue weighted by Gasteiger charge is -2.15. The summed E-state index contributed by atoms with van der Waals surface area (Å²) in [5, 5.41) is 3.36. The summed E-state index contributed by atoms with van der Waals surface area (Å²) in [4.78, 5) is 4.01. The smallest absolute Gasteiger partial charge is 0.362 e. The van der Waals surface area contributed by atoms with Gasteiger partial charge in [0.05, 0.1) is 13.0 Å². The molecule has 6 heteroatoms. The molecule has 0 saturated carbocycles. The van der Waals surface area contributed by atoms with E-state index in [4.69, 9.17) is 0 Å². The fourth-order valence-electron chi connectivity index (χ4n) is 1.03. The average Bonchev–Trinajstić information content (AvgIpc) is 2.34. The summed E-state index contributed by atoms with van der Waals surface area (Å²) >= 11 is 1.47. The minimum Gasteiger partial charge on any atom is -0.362 e. The van der Waals surface area contributed by atoms with Gasteiger partial charge >= 0.3 is 6.18 Å². The van der Waals surface area contributed by atoms with Crippen molar-refractivity contribution < 1.29 is 13.2 Å². The fraction of sp³-hybridized carbons (Fsp3) is 0.857. The van der Waals surface area contributed by atoms with E-state index in [2.05, 4.69) is 10.3 Å². The highest BCUT2D eigenvalue weighted by molar-refractivity contribution is 8.14. The first-order valence-electron chi connectivity index (χ1n) is 3.98. The van der Waals surface area contributed by atoms with Crippen LogP contribution in [0.5, 0.6) is 0 Å². The Labute approximate surface area is 79.0 Å². The topological polar surface area (TPSA) is 24.4 Å². The van der Waals surface area contributed by atoms with E-state index in [9.17, 15) is 13.2 Å². The van der Waals surface area contributed by atoms with Gasteiger partial charge in [0, 0.05) is 11.8 Å². The first-order valence-corrected chi connectivity index (χ1v) is 4.96. The number of nitrogens with zero attached hydrogens (tertiary/aromatic N) is 1. The Morgan fingerprint density at radius 2 is 2.31 bits per heavy atom. The molecule has 1 aliphatic rings. The van der Waals surface area contributed by atoms with E-state index in [1.807, 2.05) is 0 Å². The highest BCUT2D eigenvalue weighted by Gasteiger charge is 2.30. The van der Waals surface area contributed by atoms with Gasteiger partial charge < -0.3 is 5.32 Å². The maximum Gasteiger partial charge on any atom is 0.391 e. The van der Waals surface area contributed by atoms with Gasteiger partial charge in [-0.05, 0) is 6.92 Å². The zero-order valence-electron chi connectivity index (χ0n) is 7.19. The van der Waals surface area contributed by atoms with E-state index in [0.717, 1.165) is 5.75 Å². The molecule has 0 radical (unpaired) electrons. The molecular formula is C7H11F3N2S. The second-order valence-corrected chi connectivity index (χ2v) is 3.98. The number of amidine groups is 1. The number of alkyl halides is 3. The summed E-state index contributed by atoms with van der Waals surface area (Å²) in [6, 6.07) is -0.593. The van der Waals surface area contributed by atoms with Crippen LogP contribution in [0, 0.1) is 0 Å². The second kappa shape index (κ2) is 4.21. The molecule has 1 atom stereocenters. The summed E-state index contributed by atoms with van der Waals surface area (Å²) in [6.45, 7) is 2.21. The van der Waals surface area contributed by atoms with Crippen molar-refractivity contribution in [3.8, 4) is 0 Å². The highest BCUT2D eigenvalue weighted by Crippen LogP contribution is 2.22. The molecule has 1 aliphatic heterocycles. The molecule has 0 aromatic heterocycles. The van der Waals surface area contributed by atoms with E-state index < -0.39 is 18.6 Å². The predicted octanol–water partition coefficient (Wildman–Crippen LogP) is 2.02. The molecule has 0 saturated heterocycles. The normalized spacial score (nSPS) is 19.8. The standard InChI is InChI=1S/C7H11F3N2S/c1-5(4-7(8,9)10)12-6-11-2-3-13-6/h5H,2-4H2,1H3,(H,11,12). The molecule has 1 unspecified atom stereocenters. The molecule has 1 heterocycles. The third-order valence-electron chi connectivity index (χ3n) is 1.49. The third-order valence-corrected chi connectivity index (χ3v) is 2.40. The van der Waals surface area contributed by atoms with Crippen molar-refractivity contribution >= 4 is 16.9 Å². The van der Waals surface area contributed by atoms with Gasteiger partial charge in [-0.15, -0.1) is 0 Å². The van der Waals surface area contributed by atoms with Crippen molar-refractivity contribution in [2.75, 3.05) is 12.3 Å². The van der Waals surface area contributed by atoms with E-state index in [-0.39, 0.29) is 0 Å². The molecule has 0 aromatic carbocycles. The number of nitrogens with one attached hydrogen (secondary N) is 1. The largest absolute Gasteiger partial charge is 0.391 e. The lowest BCUT2D eigenvalue weighted by molar-refractivity contribution is -0.138. The number of hydrogen-bond acceptors (Lipinski definition) is 3. The summed E-state index contributed by atoms with van der Waals surface area (Å²) in [7, 11) is 0. The van der Waals surface area contributed by atoms with Gasteiger partial charge in [0.15, 0.2) is 5.17 Å². The van der Waals surface area contributed by atoms with Crippen molar-refractivity contribution in [1.82, 2.24) is 5.32 Å². The van der Waals surface area contributed by atoms with Crippen molar-refractivity contribution in [3.05, 3.63) is 0 Å². The van der Waals surface area contributed by atoms with E-state index in [1.165, 1.54) is 18.7 Å². The molecule has 1 N–H and O–H groups in total. The molecule has 2 nitrogen and oxygen atoms in total. The predicted molar refractivity (Wildman–Crippen MR) is 48.0 cm³/mol. The lowest BCUT2D eigenvalue weighted by atomic mass is 10.2. The summed E-state index contributed by atoms with van der Waals surface area (Å²) in [6.07, 6.45) is -4.91. The van der Waals surface area contributed by atoms with Gasteiger partial charge in [-0.1, -0.05) is 11.8 Å². The average molecular weight is 212 g/mol. The summed E-state index contributed by atoms with van der Waals surface area (Å²) in [5.41, 5.74) is 0. The zero-order valence-corrected chi connectivity index (χ0v) is 8.00. The van der Waals surface area contributed by atoms with Crippen LogP contribution in [0.15, 0.2) is 4.99 Å². The Morgan fingerprint density at radius 1 is 1.62 bits per heavy atom. The van der Waals surface area contributed by atoms with Crippen molar-refractivity contribution in [2.24, 2.45) is 4.99 Å². The SMILES string of the molecule is CC(CC(F)(F)F)NC1=NCCS1. The molecule has 1 rings (SSSR count). The van der Waals surface area contributed by atoms with Gasteiger partial charge in [-0.2, -0.15) is 13.2 Å². The Bertz CT molecular complexity index is 202. The summed E-state index contributed by atoms with van der Waals surface area (Å²) < 4.78 is 35.7. The molecule has 0 fully saturated rings. The van der Waals surface area contributed by atoms with Crippen molar-refractivity contribution in [1.29, 1.82) is 0 Å². The fourth-order valence-corrected chi connectivity index (χ4v) is 1.87. The second-order valence-electron chi connectivity index (χ2n) is 2.90. The Morgan fingerprint density at radius 3 is 2.77 bits per heavy atom. The van der Waals surface area contributed by atoms with Crippen LogP contribution in [0.25, 0.3) is 0 Å². The molecule has 0 spiro atoms. The maximum absolute atomic E-state index is 11.9. The highest BCUT2D eigenvalue weighted by atomic mass is 32.2. The van der Waals surface area contributed by atoms with Gasteiger partial charge in [0.25, 0.3) is 0 Å². The Hall–Kier alpha value is -0.390. The minimum atomic E-state index is -4.10. The van der Waals surface area contributed by atoms with Crippen LogP contribution in [0.3, 0.4) is 0 Å². The molecule has 0 aromatic rings. The van der Waals surface area contributed by atoms with Crippen LogP contribution in [-0.4, -0.2) is 29.7 Å². The van der Waals surface area contributed by atoms with Crippen molar-refractivity contribution in [2.45, 2.75) is 25.6 Å². The first kappa shape index (κ1) is 10.7. The van der Waals surface area contributed by atoms with Crippen LogP contribution in [0.2, 0.25) is 0 Å². The van der Waals surface area contributed by atoms with E-state index >= 15 is 0 Å². The number of rotatable bonds is 2. The third kappa shape index (κ3) is 4.40. The van der Waals surface area contributed by atoms with E-state index in [0.29, 0.717) is 11.7 Å². The maximum atomic E-state index is 11.9. The molecule has 76 valence electrons. The molecule has 0 amide bonds. The number of thioether (sulfide) groups is 1. The van der Waals surface area contributed by atoms with E-state index in [1.54, 1.807) is 0 Å². The van der Waals surface area contributed by atoms with Crippen LogP contribution in [-0.2, 0) is 0 Å². The van der Waals surface area contributed by atoms with Crippen LogP contribution in [0.1, 0.15) is 13.3 Å². The van der Waals surface area contributed by atoms with Gasteiger partial charge in [-0.3, -0.25) is 4.99 Å². The molecule has 0 aliphatic carbocycles. The lowest BCUT2D eigenvalue weighted by Crippen LogP contribution is -2.33. The van der Waals surface area contributed by atoms with Gasteiger partial charge in [0.2, 0.25) is 0 Å². The zero-order chi connectivity index (χ0) is 9.90. The molecule has 13 heavy (non-hydrogen) atoms. The number of aliphatic imine (C=N–C) groups is 1. The number of hydrogen-bond donors (Lipinski definition) is 1. The molecule has 0 bridgehead atoms. The first-order chi connectivity index (χ1) is 5.97. The van der Waals surface area contributed by atoms with Crippen molar-refractivity contribution in [3.63, 3.8) is 0 Å². The Balaban J connectivity index is 2.28. The number of halogens is 3.